The Morgan fingerprint density at radius 3 is 2.70 bits per heavy atom. The van der Waals surface area contributed by atoms with Crippen LogP contribution in [0.2, 0.25) is 0 Å². The van der Waals surface area contributed by atoms with E-state index in [0.717, 1.165) is 25.2 Å². The predicted octanol–water partition coefficient (Wildman–Crippen LogP) is 0.494. The van der Waals surface area contributed by atoms with Crippen LogP contribution in [0.1, 0.15) is 12.8 Å². The van der Waals surface area contributed by atoms with Crippen molar-refractivity contribution in [3.05, 3.63) is 18.2 Å². The van der Waals surface area contributed by atoms with Crippen LogP contribution in [-0.2, 0) is 14.8 Å². The van der Waals surface area contributed by atoms with Gasteiger partial charge in [-0.2, -0.15) is 0 Å². The molecule has 3 heterocycles. The van der Waals surface area contributed by atoms with Gasteiger partial charge in [-0.1, -0.05) is 0 Å². The topological polar surface area (TPSA) is 75.6 Å². The lowest BCUT2D eigenvalue weighted by Crippen LogP contribution is -2.52. The van der Waals surface area contributed by atoms with Crippen LogP contribution in [0, 0.1) is 11.2 Å². The number of hydrogen-bond acceptors (Lipinski definition) is 6. The number of sulfonamides is 1. The molecule has 2 aliphatic heterocycles. The molecule has 1 aromatic heterocycles. The number of nitrogens with zero attached hydrogens (tertiary/aromatic N) is 4. The van der Waals surface area contributed by atoms with Crippen molar-refractivity contribution in [2.24, 2.45) is 5.41 Å². The third-order valence-electron chi connectivity index (χ3n) is 4.43. The molecule has 7 nitrogen and oxygen atoms in total. The second-order valence-corrected chi connectivity index (χ2v) is 8.36. The summed E-state index contributed by atoms with van der Waals surface area (Å²) in [4.78, 5) is 10.0. The highest BCUT2D eigenvalue weighted by molar-refractivity contribution is 7.88. The fraction of sp³-hybridized carbons (Fsp3) is 0.714. The van der Waals surface area contributed by atoms with Crippen LogP contribution in [-0.4, -0.2) is 68.3 Å². The van der Waals surface area contributed by atoms with Gasteiger partial charge in [-0.3, -0.25) is 0 Å². The molecule has 1 spiro atoms. The molecule has 23 heavy (non-hydrogen) atoms. The Balaban J connectivity index is 1.82. The van der Waals surface area contributed by atoms with Crippen molar-refractivity contribution in [3.8, 4) is 0 Å². The SMILES string of the molecule is CS(=O)(=O)N1CCC[C@@]2(COCCN(c3ncc(F)cn3)C2)C1. The van der Waals surface area contributed by atoms with Crippen molar-refractivity contribution in [3.63, 3.8) is 0 Å². The van der Waals surface area contributed by atoms with Gasteiger partial charge in [-0.15, -0.1) is 0 Å². The lowest BCUT2D eigenvalue weighted by atomic mass is 9.81. The Labute approximate surface area is 135 Å². The third-order valence-corrected chi connectivity index (χ3v) is 5.67. The number of hydrogen-bond donors (Lipinski definition) is 0. The molecule has 128 valence electrons. The molecule has 1 aromatic rings. The number of ether oxygens (including phenoxy) is 1. The van der Waals surface area contributed by atoms with E-state index in [1.54, 1.807) is 0 Å². The average Bonchev–Trinajstić information content (AvgIpc) is 2.70. The van der Waals surface area contributed by atoms with E-state index >= 15 is 0 Å². The molecule has 0 unspecified atom stereocenters. The molecule has 9 heteroatoms. The molecule has 0 N–H and O–H groups in total. The van der Waals surface area contributed by atoms with E-state index in [1.807, 2.05) is 4.90 Å². The molecule has 0 radical (unpaired) electrons. The quantitative estimate of drug-likeness (QED) is 0.777. The van der Waals surface area contributed by atoms with E-state index in [9.17, 15) is 12.8 Å². The van der Waals surface area contributed by atoms with Crippen LogP contribution in [0.15, 0.2) is 12.4 Å². The van der Waals surface area contributed by atoms with E-state index in [0.29, 0.717) is 45.3 Å². The maximum absolute atomic E-state index is 13.0. The van der Waals surface area contributed by atoms with Crippen LogP contribution >= 0.6 is 0 Å². The fourth-order valence-corrected chi connectivity index (χ4v) is 4.29. The number of piperidine rings is 1. The Morgan fingerprint density at radius 2 is 2.00 bits per heavy atom. The first-order valence-electron chi connectivity index (χ1n) is 7.63. The highest BCUT2D eigenvalue weighted by atomic mass is 32.2. The highest BCUT2D eigenvalue weighted by Crippen LogP contribution is 2.34. The minimum Gasteiger partial charge on any atom is -0.379 e. The molecule has 2 saturated heterocycles. The molecule has 2 aliphatic rings. The van der Waals surface area contributed by atoms with E-state index in [1.165, 1.54) is 10.6 Å². The summed E-state index contributed by atoms with van der Waals surface area (Å²) in [6, 6.07) is 0. The number of anilines is 1. The van der Waals surface area contributed by atoms with E-state index in [4.69, 9.17) is 4.74 Å². The standard InChI is InChI=1S/C14H21FN4O3S/c1-23(20,21)19-4-2-3-14(10-19)9-18(5-6-22-11-14)13-16-7-12(15)8-17-13/h7-8H,2-6,9-11H2,1H3/t14-/m0/s1. The first-order valence-corrected chi connectivity index (χ1v) is 9.48. The maximum Gasteiger partial charge on any atom is 0.225 e. The maximum atomic E-state index is 13.0. The zero-order valence-electron chi connectivity index (χ0n) is 13.1. The summed E-state index contributed by atoms with van der Waals surface area (Å²) < 4.78 is 44.1. The molecule has 1 atom stereocenters. The van der Waals surface area contributed by atoms with E-state index in [2.05, 4.69) is 9.97 Å². The summed E-state index contributed by atoms with van der Waals surface area (Å²) in [5.41, 5.74) is -0.282. The van der Waals surface area contributed by atoms with Crippen molar-refractivity contribution in [2.75, 3.05) is 50.5 Å². The van der Waals surface area contributed by atoms with Crippen molar-refractivity contribution in [1.82, 2.24) is 14.3 Å². The van der Waals surface area contributed by atoms with E-state index < -0.39 is 15.8 Å². The third kappa shape index (κ3) is 3.78. The summed E-state index contributed by atoms with van der Waals surface area (Å²) >= 11 is 0. The van der Waals surface area contributed by atoms with E-state index in [-0.39, 0.29) is 5.41 Å². The van der Waals surface area contributed by atoms with Gasteiger partial charge in [0.2, 0.25) is 16.0 Å². The van der Waals surface area contributed by atoms with Gasteiger partial charge in [-0.05, 0) is 12.8 Å². The van der Waals surface area contributed by atoms with Crippen LogP contribution in [0.3, 0.4) is 0 Å². The van der Waals surface area contributed by atoms with Gasteiger partial charge in [0.25, 0.3) is 0 Å². The summed E-state index contributed by atoms with van der Waals surface area (Å²) in [6.45, 7) is 3.21. The zero-order valence-corrected chi connectivity index (χ0v) is 13.9. The summed E-state index contributed by atoms with van der Waals surface area (Å²) in [6.07, 6.45) is 5.21. The smallest absolute Gasteiger partial charge is 0.225 e. The summed E-state index contributed by atoms with van der Waals surface area (Å²) in [5.74, 6) is -0.0248. The van der Waals surface area contributed by atoms with Crippen molar-refractivity contribution >= 4 is 16.0 Å². The molecule has 0 aromatic carbocycles. The first-order chi connectivity index (χ1) is 10.9. The van der Waals surface area contributed by atoms with Crippen LogP contribution in [0.5, 0.6) is 0 Å². The van der Waals surface area contributed by atoms with Gasteiger partial charge >= 0.3 is 0 Å². The molecule has 2 fully saturated rings. The molecule has 0 saturated carbocycles. The highest BCUT2D eigenvalue weighted by Gasteiger charge is 2.41. The minimum atomic E-state index is -3.22. The largest absolute Gasteiger partial charge is 0.379 e. The second-order valence-electron chi connectivity index (χ2n) is 6.38. The van der Waals surface area contributed by atoms with Crippen molar-refractivity contribution < 1.29 is 17.5 Å². The lowest BCUT2D eigenvalue weighted by Gasteiger charge is -2.42. The molecular weight excluding hydrogens is 323 g/mol. The summed E-state index contributed by atoms with van der Waals surface area (Å²) in [5, 5.41) is 0. The van der Waals surface area contributed by atoms with Gasteiger partial charge in [0.1, 0.15) is 0 Å². The van der Waals surface area contributed by atoms with Gasteiger partial charge in [0.15, 0.2) is 5.82 Å². The van der Waals surface area contributed by atoms with Gasteiger partial charge < -0.3 is 9.64 Å². The van der Waals surface area contributed by atoms with Crippen LogP contribution < -0.4 is 4.90 Å². The summed E-state index contributed by atoms with van der Waals surface area (Å²) in [7, 11) is -3.22. The first kappa shape index (κ1) is 16.5. The fourth-order valence-electron chi connectivity index (χ4n) is 3.33. The number of halogens is 1. The molecule has 0 aliphatic carbocycles. The Morgan fingerprint density at radius 1 is 1.26 bits per heavy atom. The zero-order chi connectivity index (χ0) is 16.5. The number of rotatable bonds is 2. The predicted molar refractivity (Wildman–Crippen MR) is 83.1 cm³/mol. The monoisotopic (exact) mass is 344 g/mol. The average molecular weight is 344 g/mol. The van der Waals surface area contributed by atoms with Crippen LogP contribution in [0.4, 0.5) is 10.3 Å². The number of aromatic nitrogens is 2. The van der Waals surface area contributed by atoms with Crippen LogP contribution in [0.25, 0.3) is 0 Å². The Kier molecular flexibility index (Phi) is 4.52. The Hall–Kier alpha value is -1.32. The van der Waals surface area contributed by atoms with Crippen molar-refractivity contribution in [1.29, 1.82) is 0 Å². The molecule has 0 amide bonds. The van der Waals surface area contributed by atoms with Crippen molar-refractivity contribution in [2.45, 2.75) is 12.8 Å². The second kappa shape index (κ2) is 6.29. The van der Waals surface area contributed by atoms with Gasteiger partial charge in [0.05, 0.1) is 31.9 Å². The minimum absolute atomic E-state index is 0.282. The normalized spacial score (nSPS) is 27.1. The molecular formula is C14H21FN4O3S. The van der Waals surface area contributed by atoms with Gasteiger partial charge in [-0.25, -0.2) is 27.1 Å². The molecule has 3 rings (SSSR count). The molecule has 0 bridgehead atoms. The lowest BCUT2D eigenvalue weighted by molar-refractivity contribution is 0.0351. The van der Waals surface area contributed by atoms with Gasteiger partial charge in [0, 0.05) is 31.6 Å². The Bertz CT molecular complexity index is 654.